The van der Waals surface area contributed by atoms with Crippen molar-refractivity contribution in [2.45, 2.75) is 57.2 Å². The molecule has 3 aromatic rings. The van der Waals surface area contributed by atoms with E-state index in [1.54, 1.807) is 0 Å². The van der Waals surface area contributed by atoms with E-state index in [1.165, 1.54) is 31.2 Å². The number of nitrogens with one attached hydrogen (secondary N) is 2. The minimum Gasteiger partial charge on any atom is -0.352 e. The van der Waals surface area contributed by atoms with Crippen LogP contribution in [0.5, 0.6) is 0 Å². The van der Waals surface area contributed by atoms with Crippen LogP contribution in [0.1, 0.15) is 67.1 Å². The Morgan fingerprint density at radius 1 is 1.15 bits per heavy atom. The van der Waals surface area contributed by atoms with Crippen molar-refractivity contribution in [1.82, 2.24) is 19.8 Å². The monoisotopic (exact) mass is 473 g/mol. The summed E-state index contributed by atoms with van der Waals surface area (Å²) in [5, 5.41) is 7.19. The van der Waals surface area contributed by atoms with Gasteiger partial charge in [0.2, 0.25) is 5.91 Å². The standard InChI is InChI=1S/C27H31N5OS/c1-19-8-2-5-11-22(19)29-24(33)14-17-32-26(20-13-16-31(18-20)21-9-3-4-10-21)25(30-27(32)34)23-12-6-7-15-28-23/h2,5-8,11-13,15-16,18,21,25-26H,3-4,9-10,14,17H2,1H3,(H,29,33)(H,30,34)/t25-,26+/m1/s1. The van der Waals surface area contributed by atoms with Crippen molar-refractivity contribution in [3.8, 4) is 0 Å². The Kier molecular flexibility index (Phi) is 6.63. The van der Waals surface area contributed by atoms with Crippen LogP contribution in [0.3, 0.4) is 0 Å². The summed E-state index contributed by atoms with van der Waals surface area (Å²) >= 11 is 5.76. The van der Waals surface area contributed by atoms with Gasteiger partial charge < -0.3 is 20.1 Å². The first-order valence-corrected chi connectivity index (χ1v) is 12.5. The number of hydrogen-bond acceptors (Lipinski definition) is 3. The molecule has 3 heterocycles. The van der Waals surface area contributed by atoms with Crippen LogP contribution in [0.15, 0.2) is 67.1 Å². The summed E-state index contributed by atoms with van der Waals surface area (Å²) in [6.07, 6.45) is 11.7. The maximum absolute atomic E-state index is 12.8. The minimum atomic E-state index is -0.0624. The zero-order chi connectivity index (χ0) is 23.5. The number of aryl methyl sites for hydroxylation is 1. The summed E-state index contributed by atoms with van der Waals surface area (Å²) in [6, 6.07) is 16.5. The predicted octanol–water partition coefficient (Wildman–Crippen LogP) is 5.31. The van der Waals surface area contributed by atoms with E-state index in [0.29, 0.717) is 24.1 Å². The van der Waals surface area contributed by atoms with Gasteiger partial charge in [0, 0.05) is 43.3 Å². The highest BCUT2D eigenvalue weighted by atomic mass is 32.1. The second kappa shape index (κ2) is 9.97. The van der Waals surface area contributed by atoms with Gasteiger partial charge >= 0.3 is 0 Å². The molecule has 5 rings (SSSR count). The predicted molar refractivity (Wildman–Crippen MR) is 139 cm³/mol. The molecule has 1 aliphatic heterocycles. The van der Waals surface area contributed by atoms with Gasteiger partial charge in [-0.05, 0) is 67.4 Å². The Labute approximate surface area is 206 Å². The van der Waals surface area contributed by atoms with Gasteiger partial charge in [0.15, 0.2) is 5.11 Å². The number of carbonyl (C=O) groups is 1. The molecule has 0 spiro atoms. The summed E-state index contributed by atoms with van der Waals surface area (Å²) in [5.74, 6) is -0.0133. The van der Waals surface area contributed by atoms with Crippen LogP contribution in [-0.4, -0.2) is 32.0 Å². The third-order valence-electron chi connectivity index (χ3n) is 7.02. The summed E-state index contributed by atoms with van der Waals surface area (Å²) in [7, 11) is 0. The molecular weight excluding hydrogens is 442 g/mol. The van der Waals surface area contributed by atoms with E-state index in [-0.39, 0.29) is 18.0 Å². The SMILES string of the molecule is Cc1ccccc1NC(=O)CCN1C(=S)N[C@H](c2ccccn2)[C@@H]1c1ccn(C2CCCC2)c1. The van der Waals surface area contributed by atoms with Crippen LogP contribution < -0.4 is 10.6 Å². The lowest BCUT2D eigenvalue weighted by Crippen LogP contribution is -2.32. The van der Waals surface area contributed by atoms with E-state index in [2.05, 4.69) is 43.5 Å². The average molecular weight is 474 g/mol. The van der Waals surface area contributed by atoms with Crippen molar-refractivity contribution in [3.05, 3.63) is 83.9 Å². The molecule has 1 amide bonds. The number of nitrogens with zero attached hydrogens (tertiary/aromatic N) is 3. The summed E-state index contributed by atoms with van der Waals surface area (Å²) in [5.41, 5.74) is 4.06. The van der Waals surface area contributed by atoms with Crippen molar-refractivity contribution < 1.29 is 4.79 Å². The third-order valence-corrected chi connectivity index (χ3v) is 7.37. The van der Waals surface area contributed by atoms with E-state index in [4.69, 9.17) is 12.2 Å². The minimum absolute atomic E-state index is 0.0133. The normalized spacial score (nSPS) is 20.5. The number of para-hydroxylation sites is 1. The molecule has 1 aliphatic carbocycles. The fourth-order valence-electron chi connectivity index (χ4n) is 5.19. The fourth-order valence-corrected chi connectivity index (χ4v) is 5.52. The quantitative estimate of drug-likeness (QED) is 0.456. The topological polar surface area (TPSA) is 62.2 Å². The van der Waals surface area contributed by atoms with E-state index < -0.39 is 0 Å². The number of rotatable bonds is 7. The van der Waals surface area contributed by atoms with Crippen LogP contribution in [0.2, 0.25) is 0 Å². The van der Waals surface area contributed by atoms with Gasteiger partial charge in [0.25, 0.3) is 0 Å². The Balaban J connectivity index is 1.36. The molecule has 2 N–H and O–H groups in total. The van der Waals surface area contributed by atoms with Crippen molar-refractivity contribution in [2.75, 3.05) is 11.9 Å². The number of carbonyl (C=O) groups excluding carboxylic acids is 1. The van der Waals surface area contributed by atoms with Gasteiger partial charge in [-0.2, -0.15) is 0 Å². The number of anilines is 1. The Morgan fingerprint density at radius 2 is 1.94 bits per heavy atom. The second-order valence-electron chi connectivity index (χ2n) is 9.26. The highest BCUT2D eigenvalue weighted by Gasteiger charge is 2.40. The fraction of sp³-hybridized carbons (Fsp3) is 0.370. The van der Waals surface area contributed by atoms with Crippen molar-refractivity contribution in [2.24, 2.45) is 0 Å². The molecule has 2 atom stereocenters. The summed E-state index contributed by atoms with van der Waals surface area (Å²) in [4.78, 5) is 19.6. The number of benzene rings is 1. The molecule has 34 heavy (non-hydrogen) atoms. The first-order chi connectivity index (χ1) is 16.6. The highest BCUT2D eigenvalue weighted by Crippen LogP contribution is 2.40. The van der Waals surface area contributed by atoms with Crippen molar-refractivity contribution in [1.29, 1.82) is 0 Å². The zero-order valence-electron chi connectivity index (χ0n) is 19.5. The van der Waals surface area contributed by atoms with Crippen molar-refractivity contribution in [3.63, 3.8) is 0 Å². The molecule has 1 saturated heterocycles. The summed E-state index contributed by atoms with van der Waals surface area (Å²) in [6.45, 7) is 2.53. The van der Waals surface area contributed by atoms with Gasteiger partial charge in [0.05, 0.1) is 17.8 Å². The molecule has 1 saturated carbocycles. The van der Waals surface area contributed by atoms with E-state index in [0.717, 1.165) is 16.9 Å². The molecule has 0 unspecified atom stereocenters. The van der Waals surface area contributed by atoms with Crippen molar-refractivity contribution >= 4 is 28.9 Å². The largest absolute Gasteiger partial charge is 0.352 e. The zero-order valence-corrected chi connectivity index (χ0v) is 20.3. The number of amides is 1. The number of aromatic nitrogens is 2. The van der Waals surface area contributed by atoms with E-state index in [9.17, 15) is 4.79 Å². The molecule has 2 fully saturated rings. The van der Waals surface area contributed by atoms with Gasteiger partial charge in [-0.15, -0.1) is 0 Å². The maximum atomic E-state index is 12.8. The lowest BCUT2D eigenvalue weighted by atomic mass is 9.99. The highest BCUT2D eigenvalue weighted by molar-refractivity contribution is 7.80. The van der Waals surface area contributed by atoms with Gasteiger partial charge in [0.1, 0.15) is 0 Å². The maximum Gasteiger partial charge on any atom is 0.226 e. The van der Waals surface area contributed by atoms with Crippen LogP contribution >= 0.6 is 12.2 Å². The molecular formula is C27H31N5OS. The molecule has 7 heteroatoms. The Hall–Kier alpha value is -3.19. The molecule has 176 valence electrons. The molecule has 1 aromatic carbocycles. The number of thiocarbonyl (C=S) groups is 1. The first-order valence-electron chi connectivity index (χ1n) is 12.1. The lowest BCUT2D eigenvalue weighted by molar-refractivity contribution is -0.116. The second-order valence-corrected chi connectivity index (χ2v) is 9.65. The Bertz CT molecular complexity index is 1150. The number of pyridine rings is 1. The van der Waals surface area contributed by atoms with Gasteiger partial charge in [-0.25, -0.2) is 0 Å². The molecule has 6 nitrogen and oxygen atoms in total. The third kappa shape index (κ3) is 4.71. The molecule has 0 bridgehead atoms. The Morgan fingerprint density at radius 3 is 2.71 bits per heavy atom. The number of hydrogen-bond donors (Lipinski definition) is 2. The molecule has 0 radical (unpaired) electrons. The molecule has 2 aliphatic rings. The van der Waals surface area contributed by atoms with Gasteiger partial charge in [-0.3, -0.25) is 9.78 Å². The van der Waals surface area contributed by atoms with E-state index in [1.807, 2.05) is 55.6 Å². The smallest absolute Gasteiger partial charge is 0.226 e. The molecule has 2 aromatic heterocycles. The first kappa shape index (κ1) is 22.6. The van der Waals surface area contributed by atoms with Crippen LogP contribution in [0.25, 0.3) is 0 Å². The van der Waals surface area contributed by atoms with Crippen LogP contribution in [-0.2, 0) is 4.79 Å². The average Bonchev–Trinajstić information content (AvgIpc) is 3.60. The lowest BCUT2D eigenvalue weighted by Gasteiger charge is -2.27. The summed E-state index contributed by atoms with van der Waals surface area (Å²) < 4.78 is 2.36. The van der Waals surface area contributed by atoms with Crippen LogP contribution in [0, 0.1) is 6.92 Å². The van der Waals surface area contributed by atoms with E-state index >= 15 is 0 Å². The van der Waals surface area contributed by atoms with Crippen LogP contribution in [0.4, 0.5) is 5.69 Å². The van der Waals surface area contributed by atoms with Gasteiger partial charge in [-0.1, -0.05) is 37.1 Å².